The highest BCUT2D eigenvalue weighted by Crippen LogP contribution is 2.33. The minimum atomic E-state index is -0.536. The van der Waals surface area contributed by atoms with Crippen LogP contribution in [0.4, 0.5) is 0 Å². The fraction of sp³-hybridized carbons (Fsp3) is 0.115. The van der Waals surface area contributed by atoms with E-state index in [4.69, 9.17) is 20.2 Å². The van der Waals surface area contributed by atoms with Crippen molar-refractivity contribution in [3.8, 4) is 5.88 Å². The standard InChI is InChI=1S/C26H22N4O3/c27-25(31)24-15-19-16-30(24)12-11-28-17-32-13-5-1-2-6-18-9-10-20-21-7-3-4-8-23(21)29-26(33-19)22(20)14-18/h1-12,14-15,17,19H,13,16H2,(H2,27,31)/b5-1+,6-2+,12-11+,28-17+. The molecule has 4 bridgehead atoms. The molecule has 0 aliphatic carbocycles. The average molecular weight is 438 g/mol. The summed E-state index contributed by atoms with van der Waals surface area (Å²) in [6, 6.07) is 14.2. The second-order valence-electron chi connectivity index (χ2n) is 7.64. The van der Waals surface area contributed by atoms with Crippen LogP contribution >= 0.6 is 0 Å². The molecule has 1 aromatic heterocycles. The Hall–Kier alpha value is -4.39. The van der Waals surface area contributed by atoms with Gasteiger partial charge in [-0.15, -0.1) is 0 Å². The molecular weight excluding hydrogens is 416 g/mol. The molecule has 1 amide bonds. The third-order valence-corrected chi connectivity index (χ3v) is 5.43. The van der Waals surface area contributed by atoms with Gasteiger partial charge in [0.25, 0.3) is 5.91 Å². The Morgan fingerprint density at radius 1 is 1.09 bits per heavy atom. The topological polar surface area (TPSA) is 90.0 Å². The Labute approximate surface area is 190 Å². The third-order valence-electron chi connectivity index (χ3n) is 5.43. The lowest BCUT2D eigenvalue weighted by Gasteiger charge is -2.18. The maximum Gasteiger partial charge on any atom is 0.265 e. The molecule has 7 nitrogen and oxygen atoms in total. The number of amides is 1. The van der Waals surface area contributed by atoms with E-state index in [1.807, 2.05) is 42.5 Å². The van der Waals surface area contributed by atoms with Gasteiger partial charge < -0.3 is 20.1 Å². The molecule has 2 aliphatic rings. The summed E-state index contributed by atoms with van der Waals surface area (Å²) in [6.45, 7) is 0.801. The number of ether oxygens (including phenoxy) is 2. The Balaban J connectivity index is 1.63. The summed E-state index contributed by atoms with van der Waals surface area (Å²) in [5, 5.41) is 3.00. The molecule has 2 N–H and O–H groups in total. The van der Waals surface area contributed by atoms with Crippen molar-refractivity contribution in [3.05, 3.63) is 90.4 Å². The molecule has 1 unspecified atom stereocenters. The first-order valence-corrected chi connectivity index (χ1v) is 10.6. The van der Waals surface area contributed by atoms with Gasteiger partial charge in [0.05, 0.1) is 12.1 Å². The van der Waals surface area contributed by atoms with Crippen LogP contribution in [0.5, 0.6) is 5.88 Å². The fourth-order valence-corrected chi connectivity index (χ4v) is 3.93. The Kier molecular flexibility index (Phi) is 5.59. The number of pyridine rings is 1. The van der Waals surface area contributed by atoms with E-state index < -0.39 is 12.0 Å². The van der Waals surface area contributed by atoms with Gasteiger partial charge in [-0.3, -0.25) is 4.79 Å². The normalized spacial score (nSPS) is 22.0. The van der Waals surface area contributed by atoms with E-state index in [9.17, 15) is 4.79 Å². The molecular formula is C26H22N4O3. The molecule has 0 saturated heterocycles. The van der Waals surface area contributed by atoms with Gasteiger partial charge in [0, 0.05) is 23.2 Å². The van der Waals surface area contributed by atoms with Crippen LogP contribution in [0.15, 0.2) is 89.9 Å². The van der Waals surface area contributed by atoms with Crippen molar-refractivity contribution in [1.29, 1.82) is 0 Å². The SMILES string of the molecule is NC(=O)C1=CC2CN1/C=C/N=C/OC/C=C/C=C/c1ccc3c(c1)c(nc1ccccc13)O2. The average Bonchev–Trinajstić information content (AvgIpc) is 3.22. The van der Waals surface area contributed by atoms with Crippen LogP contribution in [-0.4, -0.2) is 41.4 Å². The maximum atomic E-state index is 12.0. The van der Waals surface area contributed by atoms with Crippen LogP contribution in [0.25, 0.3) is 27.8 Å². The number of benzene rings is 2. The Bertz CT molecular complexity index is 1370. The summed E-state index contributed by atoms with van der Waals surface area (Å²) in [5.41, 5.74) is 7.80. The molecule has 33 heavy (non-hydrogen) atoms. The lowest BCUT2D eigenvalue weighted by atomic mass is 10.0. The molecule has 0 fully saturated rings. The van der Waals surface area contributed by atoms with Crippen molar-refractivity contribution in [3.63, 3.8) is 0 Å². The maximum absolute atomic E-state index is 12.0. The number of aromatic nitrogens is 1. The van der Waals surface area contributed by atoms with E-state index in [1.165, 1.54) is 6.40 Å². The first-order chi connectivity index (χ1) is 16.2. The van der Waals surface area contributed by atoms with Crippen LogP contribution < -0.4 is 10.5 Å². The van der Waals surface area contributed by atoms with Crippen molar-refractivity contribution >= 4 is 40.1 Å². The predicted octanol–water partition coefficient (Wildman–Crippen LogP) is 3.92. The van der Waals surface area contributed by atoms with Crippen molar-refractivity contribution in [2.75, 3.05) is 13.2 Å². The number of nitrogens with two attached hydrogens (primary N) is 1. The highest BCUT2D eigenvalue weighted by atomic mass is 16.5. The highest BCUT2D eigenvalue weighted by Gasteiger charge is 2.27. The summed E-state index contributed by atoms with van der Waals surface area (Å²) < 4.78 is 11.7. The monoisotopic (exact) mass is 438 g/mol. The number of rotatable bonds is 1. The van der Waals surface area contributed by atoms with Crippen molar-refractivity contribution in [2.24, 2.45) is 10.7 Å². The predicted molar refractivity (Wildman–Crippen MR) is 129 cm³/mol. The van der Waals surface area contributed by atoms with Crippen LogP contribution in [0, 0.1) is 0 Å². The first kappa shape index (κ1) is 20.5. The molecule has 0 saturated carbocycles. The van der Waals surface area contributed by atoms with E-state index in [1.54, 1.807) is 23.4 Å². The molecule has 5 rings (SSSR count). The largest absolute Gasteiger partial charge is 0.479 e. The number of carbonyl (C=O) groups excluding carboxylic acids is 1. The van der Waals surface area contributed by atoms with Crippen LogP contribution in [0.2, 0.25) is 0 Å². The molecule has 3 aromatic rings. The lowest BCUT2D eigenvalue weighted by molar-refractivity contribution is -0.115. The van der Waals surface area contributed by atoms with E-state index in [0.717, 1.165) is 27.2 Å². The number of allylic oxidation sites excluding steroid dienone is 2. The Morgan fingerprint density at radius 2 is 2.00 bits per heavy atom. The number of hydrogen-bond donors (Lipinski definition) is 1. The molecule has 0 spiro atoms. The molecule has 2 aliphatic heterocycles. The Morgan fingerprint density at radius 3 is 2.91 bits per heavy atom. The van der Waals surface area contributed by atoms with E-state index in [0.29, 0.717) is 24.7 Å². The van der Waals surface area contributed by atoms with Crippen molar-refractivity contribution < 1.29 is 14.3 Å². The summed E-state index contributed by atoms with van der Waals surface area (Å²) in [5.74, 6) is -0.0244. The van der Waals surface area contributed by atoms with Gasteiger partial charge in [0.15, 0.2) is 6.40 Å². The van der Waals surface area contributed by atoms with Crippen molar-refractivity contribution in [1.82, 2.24) is 9.88 Å². The zero-order valence-electron chi connectivity index (χ0n) is 17.8. The number of hydrogen-bond acceptors (Lipinski definition) is 6. The first-order valence-electron chi connectivity index (χ1n) is 10.6. The molecule has 0 radical (unpaired) electrons. The number of para-hydroxylation sites is 1. The van der Waals surface area contributed by atoms with Crippen LogP contribution in [-0.2, 0) is 9.53 Å². The molecule has 164 valence electrons. The molecule has 3 heterocycles. The third kappa shape index (κ3) is 4.34. The zero-order valence-corrected chi connectivity index (χ0v) is 17.8. The van der Waals surface area contributed by atoms with Gasteiger partial charge in [-0.1, -0.05) is 48.6 Å². The number of aliphatic imine (C=N–C) groups is 1. The van der Waals surface area contributed by atoms with Crippen LogP contribution in [0.3, 0.4) is 0 Å². The minimum Gasteiger partial charge on any atom is -0.479 e. The number of fused-ring (bicyclic) bond motifs is 5. The fourth-order valence-electron chi connectivity index (χ4n) is 3.93. The van der Waals surface area contributed by atoms with E-state index >= 15 is 0 Å². The van der Waals surface area contributed by atoms with Crippen molar-refractivity contribution in [2.45, 2.75) is 6.10 Å². The van der Waals surface area contributed by atoms with Gasteiger partial charge >= 0.3 is 0 Å². The van der Waals surface area contributed by atoms with E-state index in [-0.39, 0.29) is 0 Å². The van der Waals surface area contributed by atoms with Gasteiger partial charge in [-0.2, -0.15) is 0 Å². The molecule has 1 atom stereocenters. The number of nitrogens with zero attached hydrogens (tertiary/aromatic N) is 3. The zero-order chi connectivity index (χ0) is 22.6. The minimum absolute atomic E-state index is 0.349. The van der Waals surface area contributed by atoms with E-state index in [2.05, 4.69) is 29.3 Å². The van der Waals surface area contributed by atoms with Gasteiger partial charge in [-0.05, 0) is 35.2 Å². The molecule has 2 aromatic carbocycles. The summed E-state index contributed by atoms with van der Waals surface area (Å²) in [6.07, 6.45) is 13.7. The summed E-state index contributed by atoms with van der Waals surface area (Å²) in [7, 11) is 0. The second kappa shape index (κ2) is 9.00. The second-order valence-corrected chi connectivity index (χ2v) is 7.64. The summed E-state index contributed by atoms with van der Waals surface area (Å²) in [4.78, 5) is 22.6. The van der Waals surface area contributed by atoms with Crippen LogP contribution in [0.1, 0.15) is 5.56 Å². The van der Waals surface area contributed by atoms with Gasteiger partial charge in [0.2, 0.25) is 5.88 Å². The highest BCUT2D eigenvalue weighted by molar-refractivity contribution is 6.08. The lowest BCUT2D eigenvalue weighted by Crippen LogP contribution is -2.27. The quantitative estimate of drug-likeness (QED) is 0.582. The van der Waals surface area contributed by atoms with Gasteiger partial charge in [-0.25, -0.2) is 9.98 Å². The van der Waals surface area contributed by atoms with Gasteiger partial charge in [0.1, 0.15) is 18.4 Å². The molecule has 7 heteroatoms. The summed E-state index contributed by atoms with van der Waals surface area (Å²) >= 11 is 0. The number of primary amides is 1. The smallest absolute Gasteiger partial charge is 0.265 e. The number of carbonyl (C=O) groups is 1.